The highest BCUT2D eigenvalue weighted by Crippen LogP contribution is 2.48. The lowest BCUT2D eigenvalue weighted by Gasteiger charge is -2.36. The van der Waals surface area contributed by atoms with Crippen molar-refractivity contribution in [1.82, 2.24) is 20.3 Å². The number of rotatable bonds is 6. The predicted octanol–water partition coefficient (Wildman–Crippen LogP) is 4.88. The normalized spacial score (nSPS) is 28.9. The van der Waals surface area contributed by atoms with Crippen LogP contribution in [0.5, 0.6) is 0 Å². The average Bonchev–Trinajstić information content (AvgIpc) is 4.03. The number of allylic oxidation sites excluding steroid dienone is 1. The van der Waals surface area contributed by atoms with Crippen LogP contribution in [0, 0.1) is 11.3 Å². The Morgan fingerprint density at radius 1 is 1.04 bits per heavy atom. The summed E-state index contributed by atoms with van der Waals surface area (Å²) in [5, 5.41) is 8.92. The Hall–Kier alpha value is -4.86. The maximum Gasteiger partial charge on any atom is 0.408 e. The lowest BCUT2D eigenvalue weighted by Crippen LogP contribution is -2.60. The average molecular weight is 796 g/mol. The van der Waals surface area contributed by atoms with Crippen LogP contribution >= 0.6 is 0 Å². The van der Waals surface area contributed by atoms with Gasteiger partial charge in [0.05, 0.1) is 17.7 Å². The fourth-order valence-corrected chi connectivity index (χ4v) is 9.07. The molecule has 0 spiro atoms. The minimum Gasteiger partial charge on any atom is -0.444 e. The monoisotopic (exact) mass is 795 g/mol. The molecule has 300 valence electrons. The van der Waals surface area contributed by atoms with Gasteiger partial charge in [0.1, 0.15) is 35.0 Å². The van der Waals surface area contributed by atoms with Crippen LogP contribution in [-0.2, 0) is 34.0 Å². The number of sulfonamides is 1. The van der Waals surface area contributed by atoms with Gasteiger partial charge in [-0.2, -0.15) is 0 Å². The van der Waals surface area contributed by atoms with Crippen molar-refractivity contribution < 1.29 is 46.0 Å². The van der Waals surface area contributed by atoms with Crippen LogP contribution in [0.4, 0.5) is 13.6 Å². The Labute approximate surface area is 324 Å². The van der Waals surface area contributed by atoms with E-state index >= 15 is 0 Å². The third kappa shape index (κ3) is 7.76. The number of nitrogens with zero attached hydrogens (tertiary/aromatic N) is 2. The highest BCUT2D eigenvalue weighted by molar-refractivity contribution is 7.91. The summed E-state index contributed by atoms with van der Waals surface area (Å²) in [5.74, 6) is -4.53. The number of cyclic esters (lactones) is 1. The summed E-state index contributed by atoms with van der Waals surface area (Å²) in [6.07, 6.45) is 0.238. The highest BCUT2D eigenvalue weighted by Gasteiger charge is 2.67. The van der Waals surface area contributed by atoms with Crippen molar-refractivity contribution in [3.8, 4) is 11.1 Å². The van der Waals surface area contributed by atoms with Crippen LogP contribution < -0.4 is 15.4 Å². The molecule has 3 N–H and O–H groups in total. The maximum absolute atomic E-state index is 14.6. The molecular weight excluding hydrogens is 749 g/mol. The first-order valence-corrected chi connectivity index (χ1v) is 20.4. The third-order valence-electron chi connectivity index (χ3n) is 11.1. The minimum absolute atomic E-state index is 0.155. The molecule has 5 atom stereocenters. The van der Waals surface area contributed by atoms with Crippen LogP contribution in [0.25, 0.3) is 17.2 Å². The number of halogens is 2. The summed E-state index contributed by atoms with van der Waals surface area (Å²) >= 11 is 0. The number of alkyl carbamates (subject to hydrolysis) is 1. The third-order valence-corrected chi connectivity index (χ3v) is 13.0. The van der Waals surface area contributed by atoms with E-state index in [1.807, 2.05) is 59.3 Å². The molecule has 7 rings (SSSR count). The van der Waals surface area contributed by atoms with Crippen molar-refractivity contribution in [2.45, 2.75) is 114 Å². The second kappa shape index (κ2) is 14.3. The number of alkyl halides is 2. The molecular formula is C40H47F2N5O8S. The Bertz CT molecular complexity index is 2130. The van der Waals surface area contributed by atoms with Gasteiger partial charge in [0.25, 0.3) is 5.91 Å². The number of carbonyl (C=O) groups is 4. The standard InChI is InChI=1S/C40H47F2N5O8S/c1-38(2,3)32-35(49)47-21-23(19-30(47)34(48)44-40(20-29(40)33(41)42)36(50)46-56(52,53)24-14-15-24)55-45-31-27-12-7-6-11-25(27)26-16-13-22(18-28(26)31)10-8-9-17-39(4,5)54-37(51)43-32/h6-8,10-13,16,18,23-24,29-30,32-33H,9,14-15,17,19-21H2,1-5H3,(H,43,51)(H,44,48)(H,46,50)/b10-8+,45-31+/t23-,29+,30+,32-,40+/m1/s1. The number of hydrogen-bond acceptors (Lipinski definition) is 9. The number of amides is 4. The lowest BCUT2D eigenvalue weighted by molar-refractivity contribution is -0.143. The fourth-order valence-electron chi connectivity index (χ4n) is 7.71. The first-order valence-electron chi connectivity index (χ1n) is 18.9. The molecule has 3 aliphatic carbocycles. The van der Waals surface area contributed by atoms with E-state index in [2.05, 4.69) is 15.8 Å². The van der Waals surface area contributed by atoms with Gasteiger partial charge in [0, 0.05) is 17.5 Å². The molecule has 4 amide bonds. The van der Waals surface area contributed by atoms with Gasteiger partial charge in [-0.3, -0.25) is 19.1 Å². The van der Waals surface area contributed by atoms with E-state index in [-0.39, 0.29) is 13.0 Å². The fraction of sp³-hybridized carbons (Fsp3) is 0.525. The number of nitrogens with one attached hydrogen (secondary N) is 3. The van der Waals surface area contributed by atoms with Gasteiger partial charge in [-0.25, -0.2) is 22.0 Å². The second-order valence-electron chi connectivity index (χ2n) is 17.1. The van der Waals surface area contributed by atoms with E-state index in [1.165, 1.54) is 4.90 Å². The van der Waals surface area contributed by atoms with Crippen molar-refractivity contribution in [2.75, 3.05) is 6.54 Å². The summed E-state index contributed by atoms with van der Waals surface area (Å²) in [7, 11) is -4.13. The van der Waals surface area contributed by atoms with E-state index in [0.29, 0.717) is 31.4 Å². The van der Waals surface area contributed by atoms with Crippen LogP contribution in [0.1, 0.15) is 89.8 Å². The van der Waals surface area contributed by atoms with Gasteiger partial charge >= 0.3 is 6.09 Å². The van der Waals surface area contributed by atoms with Crippen molar-refractivity contribution >= 4 is 45.6 Å². The molecule has 56 heavy (non-hydrogen) atoms. The quantitative estimate of drug-likeness (QED) is 0.317. The van der Waals surface area contributed by atoms with E-state index in [4.69, 9.17) is 9.57 Å². The number of benzene rings is 2. The molecule has 0 unspecified atom stereocenters. The molecule has 1 saturated heterocycles. The smallest absolute Gasteiger partial charge is 0.408 e. The molecule has 13 nitrogen and oxygen atoms in total. The van der Waals surface area contributed by atoms with Gasteiger partial charge in [0.15, 0.2) is 0 Å². The Morgan fingerprint density at radius 3 is 2.39 bits per heavy atom. The van der Waals surface area contributed by atoms with E-state index < -0.39 is 92.6 Å². The maximum atomic E-state index is 14.6. The number of hydrogen-bond donors (Lipinski definition) is 3. The summed E-state index contributed by atoms with van der Waals surface area (Å²) < 4.78 is 61.3. The number of oxime groups is 1. The SMILES string of the molecule is CC1(C)CC/C=C/c2ccc3c(c2)/C(=N/O[C@@H]2C[C@@H](C(=O)N[C@@]4(C(=O)NS(=O)(=O)C5CC5)C[C@H]4C(F)F)N(C2)C(=O)[C@H](C(C)(C)C)NC(=O)O1)c1ccccc1-3. The lowest BCUT2D eigenvalue weighted by atomic mass is 9.85. The zero-order valence-corrected chi connectivity index (χ0v) is 32.8. The largest absolute Gasteiger partial charge is 0.444 e. The highest BCUT2D eigenvalue weighted by atomic mass is 32.2. The molecule has 5 aliphatic rings. The number of carbonyl (C=O) groups excluding carboxylic acids is 4. The van der Waals surface area contributed by atoms with Crippen molar-refractivity contribution in [2.24, 2.45) is 16.5 Å². The van der Waals surface area contributed by atoms with Gasteiger partial charge < -0.3 is 25.1 Å². The topological polar surface area (TPSA) is 173 Å². The molecule has 4 bridgehead atoms. The molecule has 2 saturated carbocycles. The Kier molecular flexibility index (Phi) is 10.0. The zero-order valence-electron chi connectivity index (χ0n) is 31.9. The molecule has 0 radical (unpaired) electrons. The molecule has 2 aliphatic heterocycles. The summed E-state index contributed by atoms with van der Waals surface area (Å²) in [6.45, 7) is 8.53. The Morgan fingerprint density at radius 2 is 1.73 bits per heavy atom. The second-order valence-corrected chi connectivity index (χ2v) is 19.0. The van der Waals surface area contributed by atoms with E-state index in [1.54, 1.807) is 34.6 Å². The van der Waals surface area contributed by atoms with Gasteiger partial charge in [-0.05, 0) is 74.1 Å². The molecule has 2 aromatic rings. The molecule has 0 aromatic heterocycles. The molecule has 2 aromatic carbocycles. The number of fused-ring (bicyclic) bond motifs is 6. The number of ether oxygens (including phenoxy) is 1. The van der Waals surface area contributed by atoms with E-state index in [9.17, 15) is 36.4 Å². The summed E-state index contributed by atoms with van der Waals surface area (Å²) in [4.78, 5) is 62.9. The zero-order chi connectivity index (χ0) is 40.4. The van der Waals surface area contributed by atoms with E-state index in [0.717, 1.165) is 27.8 Å². The van der Waals surface area contributed by atoms with Gasteiger partial charge in [-0.15, -0.1) is 0 Å². The summed E-state index contributed by atoms with van der Waals surface area (Å²) in [5.41, 5.74) is 0.951. The minimum atomic E-state index is -4.13. The Balaban J connectivity index is 1.25. The predicted molar refractivity (Wildman–Crippen MR) is 203 cm³/mol. The van der Waals surface area contributed by atoms with Gasteiger partial charge in [-0.1, -0.05) is 74.5 Å². The first kappa shape index (κ1) is 39.4. The van der Waals surface area contributed by atoms with Crippen LogP contribution in [0.15, 0.2) is 53.7 Å². The first-order chi connectivity index (χ1) is 26.3. The molecule has 16 heteroatoms. The van der Waals surface area contributed by atoms with Crippen LogP contribution in [0.2, 0.25) is 0 Å². The van der Waals surface area contributed by atoms with Crippen molar-refractivity contribution in [3.05, 3.63) is 65.2 Å². The molecule has 2 heterocycles. The molecule has 3 fully saturated rings. The summed E-state index contributed by atoms with van der Waals surface area (Å²) in [6, 6.07) is 11.1. The van der Waals surface area contributed by atoms with Gasteiger partial charge in [0.2, 0.25) is 28.3 Å². The van der Waals surface area contributed by atoms with Crippen LogP contribution in [0.3, 0.4) is 0 Å². The van der Waals surface area contributed by atoms with Crippen molar-refractivity contribution in [3.63, 3.8) is 0 Å². The van der Waals surface area contributed by atoms with Crippen molar-refractivity contribution in [1.29, 1.82) is 0 Å². The van der Waals surface area contributed by atoms with Crippen LogP contribution in [-0.4, -0.2) is 90.4 Å².